The average Bonchev–Trinajstić information content (AvgIpc) is 3.17. The first-order chi connectivity index (χ1) is 13.5. The number of ether oxygens (including phenoxy) is 2. The third-order valence-corrected chi connectivity index (χ3v) is 5.72. The van der Waals surface area contributed by atoms with E-state index in [4.69, 9.17) is 9.47 Å². The number of benzene rings is 1. The molecule has 1 aromatic heterocycles. The van der Waals surface area contributed by atoms with Gasteiger partial charge in [-0.2, -0.15) is 0 Å². The molecule has 1 amide bonds. The molecule has 0 aliphatic carbocycles. The molecule has 4 rings (SSSR count). The number of fused-ring (bicyclic) bond motifs is 2. The summed E-state index contributed by atoms with van der Waals surface area (Å²) in [5, 5.41) is 3.24. The van der Waals surface area contributed by atoms with Gasteiger partial charge in [-0.05, 0) is 42.7 Å². The van der Waals surface area contributed by atoms with E-state index in [1.807, 2.05) is 18.2 Å². The van der Waals surface area contributed by atoms with Crippen LogP contribution in [-0.2, 0) is 11.3 Å². The third-order valence-electron chi connectivity index (χ3n) is 5.72. The summed E-state index contributed by atoms with van der Waals surface area (Å²) in [4.78, 5) is 15.1. The van der Waals surface area contributed by atoms with Crippen molar-refractivity contribution in [3.63, 3.8) is 0 Å². The number of hydrogen-bond acceptors (Lipinski definition) is 4. The molecule has 2 aromatic rings. The number of rotatable bonds is 5. The number of carbonyl (C=O) groups is 1. The highest BCUT2D eigenvalue weighted by atomic mass is 16.6. The van der Waals surface area contributed by atoms with Gasteiger partial charge in [0.2, 0.25) is 5.91 Å². The molecule has 2 atom stereocenters. The van der Waals surface area contributed by atoms with Gasteiger partial charge in [-0.1, -0.05) is 19.9 Å². The van der Waals surface area contributed by atoms with E-state index < -0.39 is 0 Å². The summed E-state index contributed by atoms with van der Waals surface area (Å²) in [6.07, 6.45) is 2.11. The van der Waals surface area contributed by atoms with Gasteiger partial charge in [-0.15, -0.1) is 0 Å². The van der Waals surface area contributed by atoms with E-state index in [-0.39, 0.29) is 23.9 Å². The molecular formula is C22H29N3O3. The number of nitrogens with zero attached hydrogens (tertiary/aromatic N) is 2. The van der Waals surface area contributed by atoms with Crippen molar-refractivity contribution in [2.24, 2.45) is 5.92 Å². The lowest BCUT2D eigenvalue weighted by atomic mass is 9.95. The molecule has 1 N–H and O–H groups in total. The molecule has 2 aliphatic rings. The smallest absolute Gasteiger partial charge is 0.234 e. The molecule has 1 aromatic carbocycles. The highest BCUT2D eigenvalue weighted by Gasteiger charge is 2.27. The third kappa shape index (κ3) is 3.74. The van der Waals surface area contributed by atoms with Crippen molar-refractivity contribution >= 4 is 5.91 Å². The first kappa shape index (κ1) is 18.9. The van der Waals surface area contributed by atoms with Crippen LogP contribution in [0.25, 0.3) is 0 Å². The normalized spacial score (nSPS) is 19.9. The molecule has 0 bridgehead atoms. The van der Waals surface area contributed by atoms with E-state index in [1.54, 1.807) is 0 Å². The highest BCUT2D eigenvalue weighted by molar-refractivity contribution is 5.78. The van der Waals surface area contributed by atoms with Gasteiger partial charge in [0.05, 0.1) is 12.6 Å². The van der Waals surface area contributed by atoms with Crippen molar-refractivity contribution in [1.29, 1.82) is 0 Å². The Labute approximate surface area is 166 Å². The summed E-state index contributed by atoms with van der Waals surface area (Å²) in [6, 6.07) is 10.3. The van der Waals surface area contributed by atoms with E-state index in [2.05, 4.69) is 53.9 Å². The van der Waals surface area contributed by atoms with Crippen molar-refractivity contribution in [2.75, 3.05) is 26.3 Å². The lowest BCUT2D eigenvalue weighted by molar-refractivity contribution is -0.124. The van der Waals surface area contributed by atoms with Gasteiger partial charge >= 0.3 is 0 Å². The molecule has 3 heterocycles. The summed E-state index contributed by atoms with van der Waals surface area (Å²) in [5.74, 6) is 1.85. The predicted molar refractivity (Wildman–Crippen MR) is 108 cm³/mol. The molecule has 28 heavy (non-hydrogen) atoms. The minimum Gasteiger partial charge on any atom is -0.486 e. The highest BCUT2D eigenvalue weighted by Crippen LogP contribution is 2.34. The Kier molecular flexibility index (Phi) is 5.31. The molecule has 0 unspecified atom stereocenters. The van der Waals surface area contributed by atoms with Crippen LogP contribution in [0.5, 0.6) is 11.5 Å². The van der Waals surface area contributed by atoms with Gasteiger partial charge in [-0.3, -0.25) is 9.69 Å². The topological polar surface area (TPSA) is 55.7 Å². The predicted octanol–water partition coefficient (Wildman–Crippen LogP) is 3.15. The van der Waals surface area contributed by atoms with Crippen LogP contribution in [0.15, 0.2) is 36.5 Å². The zero-order valence-electron chi connectivity index (χ0n) is 16.9. The Balaban J connectivity index is 1.44. The van der Waals surface area contributed by atoms with E-state index in [1.165, 1.54) is 5.69 Å². The van der Waals surface area contributed by atoms with E-state index in [0.717, 1.165) is 30.2 Å². The maximum Gasteiger partial charge on any atom is 0.234 e. The molecule has 0 saturated carbocycles. The van der Waals surface area contributed by atoms with Gasteiger partial charge in [-0.25, -0.2) is 0 Å². The van der Waals surface area contributed by atoms with Gasteiger partial charge in [0.25, 0.3) is 0 Å². The summed E-state index contributed by atoms with van der Waals surface area (Å²) in [6.45, 7) is 9.76. The lowest BCUT2D eigenvalue weighted by Crippen LogP contribution is -2.44. The number of carbonyl (C=O) groups excluding carboxylic acids is 1. The molecule has 0 fully saturated rings. The Morgan fingerprint density at radius 3 is 2.75 bits per heavy atom. The molecule has 6 heteroatoms. The number of nitrogens with one attached hydrogen (secondary N) is 1. The van der Waals surface area contributed by atoms with Crippen LogP contribution in [0.1, 0.15) is 44.1 Å². The van der Waals surface area contributed by atoms with Crippen molar-refractivity contribution in [1.82, 2.24) is 14.8 Å². The molecule has 150 valence electrons. The van der Waals surface area contributed by atoms with Crippen LogP contribution < -0.4 is 14.8 Å². The summed E-state index contributed by atoms with van der Waals surface area (Å²) in [7, 11) is 0. The zero-order valence-corrected chi connectivity index (χ0v) is 16.9. The Hall–Kier alpha value is -2.47. The maximum atomic E-state index is 12.9. The van der Waals surface area contributed by atoms with Crippen molar-refractivity contribution < 1.29 is 14.3 Å². The largest absolute Gasteiger partial charge is 0.486 e. The van der Waals surface area contributed by atoms with Crippen molar-refractivity contribution in [3.05, 3.63) is 47.8 Å². The fraction of sp³-hybridized carbons (Fsp3) is 0.500. The van der Waals surface area contributed by atoms with Gasteiger partial charge in [0.1, 0.15) is 13.2 Å². The SMILES string of the molecule is CC(C)[C@@H](NC(=O)CN1CCn2cccc2[C@H]1C)c1ccc2c(c1)OCCO2. The summed E-state index contributed by atoms with van der Waals surface area (Å²) >= 11 is 0. The summed E-state index contributed by atoms with van der Waals surface area (Å²) in [5.41, 5.74) is 2.32. The van der Waals surface area contributed by atoms with Crippen LogP contribution in [0.4, 0.5) is 0 Å². The monoisotopic (exact) mass is 383 g/mol. The van der Waals surface area contributed by atoms with E-state index >= 15 is 0 Å². The quantitative estimate of drug-likeness (QED) is 0.862. The average molecular weight is 383 g/mol. The van der Waals surface area contributed by atoms with Crippen LogP contribution >= 0.6 is 0 Å². The molecule has 2 aliphatic heterocycles. The van der Waals surface area contributed by atoms with Crippen LogP contribution in [-0.4, -0.2) is 41.7 Å². The van der Waals surface area contributed by atoms with Crippen LogP contribution in [0.3, 0.4) is 0 Å². The van der Waals surface area contributed by atoms with Gasteiger partial charge in [0.15, 0.2) is 11.5 Å². The van der Waals surface area contributed by atoms with E-state index in [0.29, 0.717) is 19.8 Å². The number of aromatic nitrogens is 1. The first-order valence-electron chi connectivity index (χ1n) is 10.1. The molecule has 0 spiro atoms. The second kappa shape index (κ2) is 7.87. The van der Waals surface area contributed by atoms with Crippen LogP contribution in [0.2, 0.25) is 0 Å². The Morgan fingerprint density at radius 2 is 1.96 bits per heavy atom. The maximum absolute atomic E-state index is 12.9. The van der Waals surface area contributed by atoms with Crippen molar-refractivity contribution in [3.8, 4) is 11.5 Å². The molecule has 0 radical (unpaired) electrons. The molecule has 0 saturated heterocycles. The number of hydrogen-bond donors (Lipinski definition) is 1. The fourth-order valence-electron chi connectivity index (χ4n) is 4.13. The Morgan fingerprint density at radius 1 is 1.18 bits per heavy atom. The fourth-order valence-corrected chi connectivity index (χ4v) is 4.13. The van der Waals surface area contributed by atoms with E-state index in [9.17, 15) is 4.79 Å². The molecular weight excluding hydrogens is 354 g/mol. The number of amides is 1. The minimum atomic E-state index is -0.0627. The second-order valence-corrected chi connectivity index (χ2v) is 7.97. The zero-order chi connectivity index (χ0) is 19.7. The lowest BCUT2D eigenvalue weighted by Gasteiger charge is -2.35. The van der Waals surface area contributed by atoms with Crippen LogP contribution in [0, 0.1) is 5.92 Å². The second-order valence-electron chi connectivity index (χ2n) is 7.97. The first-order valence-corrected chi connectivity index (χ1v) is 10.1. The Bertz CT molecular complexity index is 845. The van der Waals surface area contributed by atoms with Gasteiger partial charge in [0, 0.05) is 31.0 Å². The van der Waals surface area contributed by atoms with Crippen molar-refractivity contribution in [2.45, 2.75) is 39.4 Å². The summed E-state index contributed by atoms with van der Waals surface area (Å²) < 4.78 is 13.6. The standard InChI is InChI=1S/C22H29N3O3/c1-15(2)22(17-6-7-19-20(13-17)28-12-11-27-19)23-21(26)14-25-10-9-24-8-4-5-18(24)16(25)3/h4-8,13,15-16,22H,9-12,14H2,1-3H3,(H,23,26)/t16-,22-/m1/s1. The minimum absolute atomic E-state index is 0.0560. The van der Waals surface area contributed by atoms with Gasteiger partial charge < -0.3 is 19.4 Å². The molecule has 6 nitrogen and oxygen atoms in total.